The molecule has 0 fully saturated rings. The van der Waals surface area contributed by atoms with Gasteiger partial charge in [0.2, 0.25) is 0 Å². The van der Waals surface area contributed by atoms with E-state index in [1.54, 1.807) is 7.11 Å². The van der Waals surface area contributed by atoms with Crippen LogP contribution in [0.15, 0.2) is 53.7 Å². The average molecular weight is 350 g/mol. The number of hydrogen-bond acceptors (Lipinski definition) is 5. The van der Waals surface area contributed by atoms with Gasteiger partial charge >= 0.3 is 0 Å². The van der Waals surface area contributed by atoms with Crippen LogP contribution in [0.2, 0.25) is 0 Å². The first-order valence-corrected chi connectivity index (χ1v) is 8.74. The number of rotatable bonds is 5. The highest BCUT2D eigenvalue weighted by Gasteiger charge is 2.20. The van der Waals surface area contributed by atoms with Crippen LogP contribution in [0, 0.1) is 18.3 Å². The molecule has 126 valence electrons. The molecular formula is C19H18N4OS. The van der Waals surface area contributed by atoms with Gasteiger partial charge in [-0.2, -0.15) is 5.26 Å². The van der Waals surface area contributed by atoms with Crippen LogP contribution in [0.1, 0.15) is 12.5 Å². The van der Waals surface area contributed by atoms with Crippen molar-refractivity contribution in [1.82, 2.24) is 14.8 Å². The molecule has 0 bridgehead atoms. The molecule has 0 saturated carbocycles. The second-order valence-corrected chi connectivity index (χ2v) is 6.87. The maximum atomic E-state index is 9.15. The lowest BCUT2D eigenvalue weighted by atomic mass is 10.1. The predicted molar refractivity (Wildman–Crippen MR) is 99.0 cm³/mol. The van der Waals surface area contributed by atoms with E-state index in [2.05, 4.69) is 16.3 Å². The molecular weight excluding hydrogens is 332 g/mol. The SMILES string of the molecule is COc1ccccc1-c1nnc(SC(C)C#N)n1-c1ccc(C)cc1. The molecule has 3 rings (SSSR count). The zero-order valence-electron chi connectivity index (χ0n) is 14.3. The monoisotopic (exact) mass is 350 g/mol. The molecule has 1 unspecified atom stereocenters. The zero-order chi connectivity index (χ0) is 17.8. The van der Waals surface area contributed by atoms with Crippen LogP contribution in [-0.4, -0.2) is 27.1 Å². The molecule has 1 heterocycles. The third kappa shape index (κ3) is 3.52. The number of para-hydroxylation sites is 1. The summed E-state index contributed by atoms with van der Waals surface area (Å²) in [6.07, 6.45) is 0. The first-order chi connectivity index (χ1) is 12.1. The summed E-state index contributed by atoms with van der Waals surface area (Å²) in [5, 5.41) is 18.3. The number of aromatic nitrogens is 3. The maximum Gasteiger partial charge on any atom is 0.197 e. The Morgan fingerprint density at radius 2 is 1.84 bits per heavy atom. The van der Waals surface area contributed by atoms with Crippen molar-refractivity contribution in [1.29, 1.82) is 5.26 Å². The number of aryl methyl sites for hydroxylation is 1. The average Bonchev–Trinajstić information content (AvgIpc) is 3.05. The van der Waals surface area contributed by atoms with Gasteiger partial charge in [0.05, 0.1) is 24.0 Å². The second-order valence-electron chi connectivity index (χ2n) is 5.57. The molecule has 0 aliphatic rings. The summed E-state index contributed by atoms with van der Waals surface area (Å²) >= 11 is 1.39. The molecule has 0 spiro atoms. The number of nitrogens with zero attached hydrogens (tertiary/aromatic N) is 4. The number of hydrogen-bond donors (Lipinski definition) is 0. The van der Waals surface area contributed by atoms with Crippen molar-refractivity contribution in [2.24, 2.45) is 0 Å². The van der Waals surface area contributed by atoms with E-state index in [1.165, 1.54) is 17.3 Å². The molecule has 5 nitrogen and oxygen atoms in total. The minimum absolute atomic E-state index is 0.223. The highest BCUT2D eigenvalue weighted by atomic mass is 32.2. The molecule has 25 heavy (non-hydrogen) atoms. The Morgan fingerprint density at radius 3 is 2.52 bits per heavy atom. The molecule has 2 aromatic carbocycles. The largest absolute Gasteiger partial charge is 0.496 e. The van der Waals surface area contributed by atoms with Crippen molar-refractivity contribution in [2.75, 3.05) is 7.11 Å². The van der Waals surface area contributed by atoms with Gasteiger partial charge in [0.1, 0.15) is 5.75 Å². The van der Waals surface area contributed by atoms with E-state index < -0.39 is 0 Å². The Bertz CT molecular complexity index is 912. The Balaban J connectivity index is 2.19. The molecule has 3 aromatic rings. The van der Waals surface area contributed by atoms with E-state index in [0.717, 1.165) is 17.0 Å². The number of nitriles is 1. The van der Waals surface area contributed by atoms with E-state index in [1.807, 2.05) is 66.9 Å². The highest BCUT2D eigenvalue weighted by Crippen LogP contribution is 2.34. The lowest BCUT2D eigenvalue weighted by Gasteiger charge is -2.13. The van der Waals surface area contributed by atoms with Crippen molar-refractivity contribution < 1.29 is 4.74 Å². The first kappa shape index (κ1) is 17.1. The lowest BCUT2D eigenvalue weighted by Crippen LogP contribution is -2.02. The number of benzene rings is 2. The van der Waals surface area contributed by atoms with Gasteiger partial charge in [-0.25, -0.2) is 0 Å². The van der Waals surface area contributed by atoms with Crippen LogP contribution in [0.4, 0.5) is 0 Å². The summed E-state index contributed by atoms with van der Waals surface area (Å²) in [6.45, 7) is 3.89. The van der Waals surface area contributed by atoms with Crippen LogP contribution in [0.25, 0.3) is 17.1 Å². The van der Waals surface area contributed by atoms with Gasteiger partial charge in [-0.15, -0.1) is 10.2 Å². The first-order valence-electron chi connectivity index (χ1n) is 7.86. The topological polar surface area (TPSA) is 63.7 Å². The predicted octanol–water partition coefficient (Wildman–Crippen LogP) is 4.26. The number of thioether (sulfide) groups is 1. The summed E-state index contributed by atoms with van der Waals surface area (Å²) in [5.74, 6) is 1.42. The van der Waals surface area contributed by atoms with Gasteiger partial charge < -0.3 is 4.74 Å². The lowest BCUT2D eigenvalue weighted by molar-refractivity contribution is 0.416. The van der Waals surface area contributed by atoms with E-state index >= 15 is 0 Å². The summed E-state index contributed by atoms with van der Waals surface area (Å²) in [5.41, 5.74) is 2.98. The molecule has 0 aliphatic carbocycles. The van der Waals surface area contributed by atoms with Gasteiger partial charge in [-0.3, -0.25) is 4.57 Å². The Kier molecular flexibility index (Phi) is 5.05. The van der Waals surface area contributed by atoms with Crippen LogP contribution in [0.3, 0.4) is 0 Å². The van der Waals surface area contributed by atoms with E-state index in [4.69, 9.17) is 10.00 Å². The Labute approximate surface area is 151 Å². The van der Waals surface area contributed by atoms with Gasteiger partial charge in [0, 0.05) is 5.69 Å². The molecule has 6 heteroatoms. The molecule has 0 saturated heterocycles. The summed E-state index contributed by atoms with van der Waals surface area (Å²) in [6, 6.07) is 18.1. The minimum atomic E-state index is -0.223. The van der Waals surface area contributed by atoms with Crippen molar-refractivity contribution in [3.8, 4) is 28.9 Å². The zero-order valence-corrected chi connectivity index (χ0v) is 15.1. The van der Waals surface area contributed by atoms with Gasteiger partial charge in [0.15, 0.2) is 11.0 Å². The van der Waals surface area contributed by atoms with Crippen molar-refractivity contribution in [2.45, 2.75) is 24.3 Å². The standard InChI is InChI=1S/C19H18N4OS/c1-13-8-10-15(11-9-13)23-18(16-6-4-5-7-17(16)24-3)21-22-19(23)25-14(2)12-20/h4-11,14H,1-3H3. The summed E-state index contributed by atoms with van der Waals surface area (Å²) in [4.78, 5) is 0. The summed E-state index contributed by atoms with van der Waals surface area (Å²) < 4.78 is 7.45. The van der Waals surface area contributed by atoms with Crippen LogP contribution in [0.5, 0.6) is 5.75 Å². The Morgan fingerprint density at radius 1 is 1.12 bits per heavy atom. The minimum Gasteiger partial charge on any atom is -0.496 e. The molecule has 1 atom stereocenters. The fourth-order valence-corrected chi connectivity index (χ4v) is 3.22. The third-order valence-electron chi connectivity index (χ3n) is 3.74. The van der Waals surface area contributed by atoms with Crippen LogP contribution in [-0.2, 0) is 0 Å². The fourth-order valence-electron chi connectivity index (χ4n) is 2.46. The maximum absolute atomic E-state index is 9.15. The van der Waals surface area contributed by atoms with Crippen LogP contribution < -0.4 is 4.74 Å². The highest BCUT2D eigenvalue weighted by molar-refractivity contribution is 8.00. The summed E-state index contributed by atoms with van der Waals surface area (Å²) in [7, 11) is 1.64. The van der Waals surface area contributed by atoms with E-state index in [0.29, 0.717) is 11.0 Å². The molecule has 0 N–H and O–H groups in total. The number of methoxy groups -OCH3 is 1. The molecule has 0 radical (unpaired) electrons. The molecule has 0 amide bonds. The van der Waals surface area contributed by atoms with Crippen molar-refractivity contribution in [3.63, 3.8) is 0 Å². The number of ether oxygens (including phenoxy) is 1. The smallest absolute Gasteiger partial charge is 0.197 e. The fraction of sp³-hybridized carbons (Fsp3) is 0.211. The van der Waals surface area contributed by atoms with E-state index in [9.17, 15) is 0 Å². The third-order valence-corrected chi connectivity index (χ3v) is 4.67. The van der Waals surface area contributed by atoms with Crippen molar-refractivity contribution >= 4 is 11.8 Å². The van der Waals surface area contributed by atoms with Gasteiger partial charge in [-0.1, -0.05) is 41.6 Å². The van der Waals surface area contributed by atoms with Gasteiger partial charge in [0.25, 0.3) is 0 Å². The quantitative estimate of drug-likeness (QED) is 0.644. The molecule has 1 aromatic heterocycles. The van der Waals surface area contributed by atoms with E-state index in [-0.39, 0.29) is 5.25 Å². The van der Waals surface area contributed by atoms with Crippen LogP contribution >= 0.6 is 11.8 Å². The second kappa shape index (κ2) is 7.41. The van der Waals surface area contributed by atoms with Crippen molar-refractivity contribution in [3.05, 3.63) is 54.1 Å². The Hall–Kier alpha value is -2.78. The normalized spacial score (nSPS) is 11.8. The van der Waals surface area contributed by atoms with Gasteiger partial charge in [-0.05, 0) is 38.1 Å². The molecule has 0 aliphatic heterocycles.